The molecule has 1 heterocycles. The van der Waals surface area contributed by atoms with E-state index in [1.165, 1.54) is 64.3 Å². The quantitative estimate of drug-likeness (QED) is 0.665. The predicted molar refractivity (Wildman–Crippen MR) is 61.5 cm³/mol. The molecule has 1 saturated carbocycles. The summed E-state index contributed by atoms with van der Waals surface area (Å²) in [5, 5.41) is 3.82. The van der Waals surface area contributed by atoms with Crippen LogP contribution in [-0.2, 0) is 0 Å². The first-order valence-electron chi connectivity index (χ1n) is 6.62. The van der Waals surface area contributed by atoms with Gasteiger partial charge in [0, 0.05) is 5.54 Å². The third-order valence-electron chi connectivity index (χ3n) is 4.54. The molecule has 1 nitrogen and oxygen atoms in total. The van der Waals surface area contributed by atoms with Crippen LogP contribution in [0, 0.1) is 5.92 Å². The molecule has 1 atom stereocenters. The van der Waals surface area contributed by atoms with Crippen LogP contribution in [0.15, 0.2) is 0 Å². The van der Waals surface area contributed by atoms with Crippen molar-refractivity contribution in [1.29, 1.82) is 0 Å². The van der Waals surface area contributed by atoms with E-state index >= 15 is 0 Å². The van der Waals surface area contributed by atoms with Crippen LogP contribution >= 0.6 is 0 Å². The van der Waals surface area contributed by atoms with Gasteiger partial charge in [0.2, 0.25) is 0 Å². The molecular weight excluding hydrogens is 170 g/mol. The van der Waals surface area contributed by atoms with E-state index in [-0.39, 0.29) is 0 Å². The van der Waals surface area contributed by atoms with Crippen molar-refractivity contribution in [2.24, 2.45) is 5.92 Å². The van der Waals surface area contributed by atoms with Crippen molar-refractivity contribution in [3.8, 4) is 0 Å². The molecule has 1 heteroatoms. The monoisotopic (exact) mass is 195 g/mol. The van der Waals surface area contributed by atoms with Crippen LogP contribution in [0.4, 0.5) is 0 Å². The highest BCUT2D eigenvalue weighted by Crippen LogP contribution is 2.38. The first kappa shape index (κ1) is 10.5. The van der Waals surface area contributed by atoms with Gasteiger partial charge in [-0.3, -0.25) is 0 Å². The van der Waals surface area contributed by atoms with Gasteiger partial charge in [-0.05, 0) is 44.6 Å². The summed E-state index contributed by atoms with van der Waals surface area (Å²) in [6.07, 6.45) is 13.1. The first-order chi connectivity index (χ1) is 6.87. The summed E-state index contributed by atoms with van der Waals surface area (Å²) in [4.78, 5) is 0. The third kappa shape index (κ3) is 1.98. The minimum atomic E-state index is 0.546. The number of rotatable bonds is 2. The Morgan fingerprint density at radius 1 is 1.07 bits per heavy atom. The Kier molecular flexibility index (Phi) is 3.48. The first-order valence-corrected chi connectivity index (χ1v) is 6.62. The lowest BCUT2D eigenvalue weighted by Gasteiger charge is -2.37. The maximum absolute atomic E-state index is 3.82. The molecule has 1 saturated heterocycles. The molecule has 82 valence electrons. The topological polar surface area (TPSA) is 12.0 Å². The minimum Gasteiger partial charge on any atom is -0.311 e. The molecular formula is C13H25N. The van der Waals surface area contributed by atoms with Crippen LogP contribution in [0.3, 0.4) is 0 Å². The van der Waals surface area contributed by atoms with E-state index in [1.807, 2.05) is 0 Å². The lowest BCUT2D eigenvalue weighted by molar-refractivity contribution is 0.206. The summed E-state index contributed by atoms with van der Waals surface area (Å²) in [5.74, 6) is 0.984. The van der Waals surface area contributed by atoms with Crippen LogP contribution in [0.2, 0.25) is 0 Å². The van der Waals surface area contributed by atoms with Crippen molar-refractivity contribution in [3.63, 3.8) is 0 Å². The molecule has 0 aromatic carbocycles. The van der Waals surface area contributed by atoms with Crippen molar-refractivity contribution in [2.45, 2.75) is 70.3 Å². The van der Waals surface area contributed by atoms with Crippen molar-refractivity contribution in [1.82, 2.24) is 5.32 Å². The summed E-state index contributed by atoms with van der Waals surface area (Å²) in [5.41, 5.74) is 0.546. The maximum atomic E-state index is 3.82. The Labute approximate surface area is 88.7 Å². The molecule has 2 aliphatic rings. The largest absolute Gasteiger partial charge is 0.311 e. The molecule has 1 aliphatic carbocycles. The van der Waals surface area contributed by atoms with Gasteiger partial charge >= 0.3 is 0 Å². The molecule has 0 spiro atoms. The van der Waals surface area contributed by atoms with Gasteiger partial charge in [0.1, 0.15) is 0 Å². The van der Waals surface area contributed by atoms with Crippen molar-refractivity contribution >= 4 is 0 Å². The predicted octanol–water partition coefficient (Wildman–Crippen LogP) is 3.49. The van der Waals surface area contributed by atoms with E-state index in [2.05, 4.69) is 12.2 Å². The second-order valence-electron chi connectivity index (χ2n) is 5.23. The molecule has 2 fully saturated rings. The van der Waals surface area contributed by atoms with Gasteiger partial charge in [0.15, 0.2) is 0 Å². The Bertz CT molecular complexity index is 162. The summed E-state index contributed by atoms with van der Waals surface area (Å²) in [6, 6.07) is 0. The van der Waals surface area contributed by atoms with Gasteiger partial charge in [0.25, 0.3) is 0 Å². The SMILES string of the molecule is CCC1(C2CCCCCC2)CCCN1. The van der Waals surface area contributed by atoms with E-state index in [4.69, 9.17) is 0 Å². The zero-order valence-electron chi connectivity index (χ0n) is 9.65. The molecule has 0 radical (unpaired) electrons. The van der Waals surface area contributed by atoms with Gasteiger partial charge in [-0.1, -0.05) is 32.6 Å². The van der Waals surface area contributed by atoms with Crippen LogP contribution in [0.5, 0.6) is 0 Å². The minimum absolute atomic E-state index is 0.546. The van der Waals surface area contributed by atoms with Gasteiger partial charge < -0.3 is 5.32 Å². The fraction of sp³-hybridized carbons (Fsp3) is 1.00. The number of nitrogens with one attached hydrogen (secondary N) is 1. The van der Waals surface area contributed by atoms with Crippen molar-refractivity contribution in [3.05, 3.63) is 0 Å². The second kappa shape index (κ2) is 4.65. The Morgan fingerprint density at radius 2 is 1.79 bits per heavy atom. The maximum Gasteiger partial charge on any atom is 0.0207 e. The standard InChI is InChI=1S/C13H25N/c1-2-13(10-7-11-14-13)12-8-5-3-4-6-9-12/h12,14H,2-11H2,1H3. The van der Waals surface area contributed by atoms with Gasteiger partial charge in [0.05, 0.1) is 0 Å². The summed E-state index contributed by atoms with van der Waals surface area (Å²) in [7, 11) is 0. The molecule has 0 amide bonds. The van der Waals surface area contributed by atoms with Crippen LogP contribution in [-0.4, -0.2) is 12.1 Å². The summed E-state index contributed by atoms with van der Waals surface area (Å²) in [6.45, 7) is 3.65. The third-order valence-corrected chi connectivity index (χ3v) is 4.54. The van der Waals surface area contributed by atoms with Crippen LogP contribution in [0.25, 0.3) is 0 Å². The molecule has 0 aromatic rings. The number of hydrogen-bond acceptors (Lipinski definition) is 1. The fourth-order valence-electron chi connectivity index (χ4n) is 3.60. The molecule has 14 heavy (non-hydrogen) atoms. The average molecular weight is 195 g/mol. The average Bonchev–Trinajstić information content (AvgIpc) is 2.54. The highest BCUT2D eigenvalue weighted by Gasteiger charge is 2.38. The van der Waals surface area contributed by atoms with Crippen LogP contribution < -0.4 is 5.32 Å². The van der Waals surface area contributed by atoms with Gasteiger partial charge in [-0.15, -0.1) is 0 Å². The summed E-state index contributed by atoms with van der Waals surface area (Å²) < 4.78 is 0. The van der Waals surface area contributed by atoms with Gasteiger partial charge in [-0.2, -0.15) is 0 Å². The lowest BCUT2D eigenvalue weighted by atomic mass is 9.76. The Balaban J connectivity index is 2.01. The van der Waals surface area contributed by atoms with E-state index in [9.17, 15) is 0 Å². The van der Waals surface area contributed by atoms with E-state index in [1.54, 1.807) is 0 Å². The fourth-order valence-corrected chi connectivity index (χ4v) is 3.60. The molecule has 0 aromatic heterocycles. The molecule has 0 bridgehead atoms. The lowest BCUT2D eigenvalue weighted by Crippen LogP contribution is -2.46. The highest BCUT2D eigenvalue weighted by atomic mass is 15.0. The molecule has 1 aliphatic heterocycles. The van der Waals surface area contributed by atoms with E-state index in [0.717, 1.165) is 5.92 Å². The van der Waals surface area contributed by atoms with Gasteiger partial charge in [-0.25, -0.2) is 0 Å². The van der Waals surface area contributed by atoms with E-state index in [0.29, 0.717) is 5.54 Å². The highest BCUT2D eigenvalue weighted by molar-refractivity contribution is 4.97. The summed E-state index contributed by atoms with van der Waals surface area (Å²) >= 11 is 0. The molecule has 1 unspecified atom stereocenters. The van der Waals surface area contributed by atoms with Crippen molar-refractivity contribution < 1.29 is 0 Å². The zero-order valence-corrected chi connectivity index (χ0v) is 9.65. The van der Waals surface area contributed by atoms with Crippen molar-refractivity contribution in [2.75, 3.05) is 6.54 Å². The Morgan fingerprint density at radius 3 is 2.29 bits per heavy atom. The second-order valence-corrected chi connectivity index (χ2v) is 5.23. The van der Waals surface area contributed by atoms with E-state index < -0.39 is 0 Å². The zero-order chi connectivity index (χ0) is 9.86. The number of hydrogen-bond donors (Lipinski definition) is 1. The normalized spacial score (nSPS) is 35.8. The smallest absolute Gasteiger partial charge is 0.0207 e. The van der Waals surface area contributed by atoms with Crippen LogP contribution in [0.1, 0.15) is 64.7 Å². The molecule has 1 N–H and O–H groups in total. The molecule has 2 rings (SSSR count). The Hall–Kier alpha value is -0.0400.